The molecule has 0 fully saturated rings. The number of halogens is 2. The lowest BCUT2D eigenvalue weighted by Gasteiger charge is -2.11. The SMILES string of the molecule is Cc1ncccc1NS(=O)(=O)c1cc(Cl)c(N)c(Cl)c1. The van der Waals surface area contributed by atoms with E-state index in [1.807, 2.05) is 0 Å². The van der Waals surface area contributed by atoms with Crippen LogP contribution in [0.15, 0.2) is 35.4 Å². The zero-order chi connectivity index (χ0) is 14.9. The Labute approximate surface area is 126 Å². The molecule has 3 N–H and O–H groups in total. The third-order valence-electron chi connectivity index (χ3n) is 2.61. The van der Waals surface area contributed by atoms with Crippen molar-refractivity contribution in [2.24, 2.45) is 0 Å². The molecule has 8 heteroatoms. The van der Waals surface area contributed by atoms with Crippen molar-refractivity contribution >= 4 is 44.6 Å². The number of rotatable bonds is 3. The number of nitrogens with zero attached hydrogens (tertiary/aromatic N) is 1. The van der Waals surface area contributed by atoms with Crippen LogP contribution >= 0.6 is 23.2 Å². The molecule has 1 aromatic carbocycles. The van der Waals surface area contributed by atoms with Crippen LogP contribution in [0.25, 0.3) is 0 Å². The second kappa shape index (κ2) is 5.47. The fraction of sp³-hybridized carbons (Fsp3) is 0.0833. The van der Waals surface area contributed by atoms with Gasteiger partial charge in [0.1, 0.15) is 0 Å². The molecule has 0 bridgehead atoms. The van der Waals surface area contributed by atoms with Gasteiger partial charge in [-0.2, -0.15) is 0 Å². The molecule has 0 saturated heterocycles. The summed E-state index contributed by atoms with van der Waals surface area (Å²) in [6.45, 7) is 1.70. The molecule has 1 heterocycles. The second-order valence-corrected chi connectivity index (χ2v) is 6.54. The van der Waals surface area contributed by atoms with Gasteiger partial charge in [0.15, 0.2) is 0 Å². The summed E-state index contributed by atoms with van der Waals surface area (Å²) in [5, 5.41) is 0.168. The molecule has 106 valence electrons. The van der Waals surface area contributed by atoms with Gasteiger partial charge in [-0.25, -0.2) is 8.42 Å². The molecule has 0 aliphatic carbocycles. The van der Waals surface area contributed by atoms with E-state index in [9.17, 15) is 8.42 Å². The smallest absolute Gasteiger partial charge is 0.262 e. The third-order valence-corrected chi connectivity index (χ3v) is 4.58. The molecule has 0 radical (unpaired) electrons. The molecule has 2 aromatic rings. The molecule has 0 spiro atoms. The van der Waals surface area contributed by atoms with E-state index in [1.165, 1.54) is 12.1 Å². The van der Waals surface area contributed by atoms with E-state index in [1.54, 1.807) is 25.3 Å². The lowest BCUT2D eigenvalue weighted by Crippen LogP contribution is -2.14. The molecule has 1 aromatic heterocycles. The van der Waals surface area contributed by atoms with E-state index < -0.39 is 10.0 Å². The quantitative estimate of drug-likeness (QED) is 0.846. The number of nitrogens with one attached hydrogen (secondary N) is 1. The Morgan fingerprint density at radius 2 is 1.85 bits per heavy atom. The standard InChI is InChI=1S/C12H11Cl2N3O2S/c1-7-11(3-2-4-16-7)17-20(18,19)8-5-9(13)12(15)10(14)6-8/h2-6,17H,15H2,1H3. The van der Waals surface area contributed by atoms with Crippen molar-refractivity contribution in [1.82, 2.24) is 4.98 Å². The molecule has 0 unspecified atom stereocenters. The number of aryl methyl sites for hydroxylation is 1. The number of aromatic nitrogens is 1. The molecule has 0 saturated carbocycles. The first kappa shape index (κ1) is 14.9. The van der Waals surface area contributed by atoms with Crippen LogP contribution in [0.3, 0.4) is 0 Å². The van der Waals surface area contributed by atoms with Gasteiger partial charge in [-0.05, 0) is 31.2 Å². The van der Waals surface area contributed by atoms with Crippen molar-refractivity contribution in [2.75, 3.05) is 10.5 Å². The van der Waals surface area contributed by atoms with Crippen LogP contribution < -0.4 is 10.5 Å². The minimum Gasteiger partial charge on any atom is -0.396 e. The number of pyridine rings is 1. The van der Waals surface area contributed by atoms with Gasteiger partial charge in [0.05, 0.1) is 32.0 Å². The average molecular weight is 332 g/mol. The summed E-state index contributed by atoms with van der Waals surface area (Å²) in [5.41, 5.74) is 6.67. The van der Waals surface area contributed by atoms with E-state index >= 15 is 0 Å². The molecule has 2 rings (SSSR count). The highest BCUT2D eigenvalue weighted by Crippen LogP contribution is 2.31. The molecule has 5 nitrogen and oxygen atoms in total. The Morgan fingerprint density at radius 1 is 1.25 bits per heavy atom. The van der Waals surface area contributed by atoms with Crippen LogP contribution in [-0.2, 0) is 10.0 Å². The minimum atomic E-state index is -3.81. The molecule has 0 amide bonds. The molecule has 0 atom stereocenters. The number of anilines is 2. The minimum absolute atomic E-state index is 0.0649. The number of benzene rings is 1. The summed E-state index contributed by atoms with van der Waals surface area (Å²) in [5.74, 6) is 0. The van der Waals surface area contributed by atoms with Gasteiger partial charge < -0.3 is 5.73 Å². The Kier molecular flexibility index (Phi) is 4.08. The summed E-state index contributed by atoms with van der Waals surface area (Å²) >= 11 is 11.7. The average Bonchev–Trinajstić information content (AvgIpc) is 2.38. The predicted molar refractivity (Wildman–Crippen MR) is 80.7 cm³/mol. The number of hydrogen-bond donors (Lipinski definition) is 2. The van der Waals surface area contributed by atoms with Crippen LogP contribution in [0, 0.1) is 6.92 Å². The third kappa shape index (κ3) is 2.98. The maximum absolute atomic E-state index is 12.3. The van der Waals surface area contributed by atoms with Gasteiger partial charge in [0.2, 0.25) is 0 Å². The summed E-state index contributed by atoms with van der Waals surface area (Å²) in [7, 11) is -3.81. The lowest BCUT2D eigenvalue weighted by atomic mass is 10.3. The Hall–Kier alpha value is -1.50. The molecule has 20 heavy (non-hydrogen) atoms. The summed E-state index contributed by atoms with van der Waals surface area (Å²) < 4.78 is 27.0. The van der Waals surface area contributed by atoms with Gasteiger partial charge in [0.25, 0.3) is 10.0 Å². The normalized spacial score (nSPS) is 11.3. The van der Waals surface area contributed by atoms with Gasteiger partial charge in [0, 0.05) is 6.20 Å². The number of hydrogen-bond acceptors (Lipinski definition) is 4. The fourth-order valence-corrected chi connectivity index (χ4v) is 3.30. The van der Waals surface area contributed by atoms with E-state index in [4.69, 9.17) is 28.9 Å². The van der Waals surface area contributed by atoms with Crippen LogP contribution in [0.5, 0.6) is 0 Å². The lowest BCUT2D eigenvalue weighted by molar-refractivity contribution is 0.601. The monoisotopic (exact) mass is 331 g/mol. The highest BCUT2D eigenvalue weighted by Gasteiger charge is 2.18. The van der Waals surface area contributed by atoms with Crippen LogP contribution in [0.4, 0.5) is 11.4 Å². The maximum Gasteiger partial charge on any atom is 0.262 e. The summed E-state index contributed by atoms with van der Waals surface area (Å²) in [6.07, 6.45) is 1.57. The van der Waals surface area contributed by atoms with Crippen LogP contribution in [-0.4, -0.2) is 13.4 Å². The molecule has 0 aliphatic heterocycles. The van der Waals surface area contributed by atoms with Gasteiger partial charge in [-0.1, -0.05) is 23.2 Å². The topological polar surface area (TPSA) is 85.1 Å². The zero-order valence-electron chi connectivity index (χ0n) is 10.4. The Bertz CT molecular complexity index is 740. The Morgan fingerprint density at radius 3 is 2.40 bits per heavy atom. The molecular weight excluding hydrogens is 321 g/mol. The molecule has 0 aliphatic rings. The van der Waals surface area contributed by atoms with E-state index in [0.717, 1.165) is 0 Å². The van der Waals surface area contributed by atoms with Crippen LogP contribution in [0.2, 0.25) is 10.0 Å². The van der Waals surface area contributed by atoms with E-state index in [-0.39, 0.29) is 20.6 Å². The van der Waals surface area contributed by atoms with Crippen molar-refractivity contribution in [3.63, 3.8) is 0 Å². The maximum atomic E-state index is 12.3. The van der Waals surface area contributed by atoms with Crippen molar-refractivity contribution in [1.29, 1.82) is 0 Å². The Balaban J connectivity index is 2.44. The summed E-state index contributed by atoms with van der Waals surface area (Å²) in [4.78, 5) is 3.94. The first-order valence-corrected chi connectivity index (χ1v) is 7.74. The van der Waals surface area contributed by atoms with Crippen molar-refractivity contribution < 1.29 is 8.42 Å². The predicted octanol–water partition coefficient (Wildman–Crippen LogP) is 3.08. The summed E-state index contributed by atoms with van der Waals surface area (Å²) in [6, 6.07) is 5.74. The second-order valence-electron chi connectivity index (χ2n) is 4.04. The van der Waals surface area contributed by atoms with Crippen molar-refractivity contribution in [3.8, 4) is 0 Å². The fourth-order valence-electron chi connectivity index (χ4n) is 1.51. The zero-order valence-corrected chi connectivity index (χ0v) is 12.7. The number of nitrogens with two attached hydrogens (primary N) is 1. The van der Waals surface area contributed by atoms with Crippen molar-refractivity contribution in [2.45, 2.75) is 11.8 Å². The highest BCUT2D eigenvalue weighted by atomic mass is 35.5. The first-order valence-electron chi connectivity index (χ1n) is 5.50. The highest BCUT2D eigenvalue weighted by molar-refractivity contribution is 7.92. The van der Waals surface area contributed by atoms with Crippen molar-refractivity contribution in [3.05, 3.63) is 46.2 Å². The van der Waals surface area contributed by atoms with Gasteiger partial charge >= 0.3 is 0 Å². The molecular formula is C12H11Cl2N3O2S. The van der Waals surface area contributed by atoms with Crippen LogP contribution in [0.1, 0.15) is 5.69 Å². The first-order chi connectivity index (χ1) is 9.31. The van der Waals surface area contributed by atoms with Gasteiger partial charge in [-0.3, -0.25) is 9.71 Å². The number of nitrogen functional groups attached to an aromatic ring is 1. The van der Waals surface area contributed by atoms with E-state index in [0.29, 0.717) is 11.4 Å². The largest absolute Gasteiger partial charge is 0.396 e. The van der Waals surface area contributed by atoms with Gasteiger partial charge in [-0.15, -0.1) is 0 Å². The number of sulfonamides is 1. The van der Waals surface area contributed by atoms with E-state index in [2.05, 4.69) is 9.71 Å².